The second-order valence-corrected chi connectivity index (χ2v) is 8.50. The fraction of sp³-hybridized carbons (Fsp3) is 0.214. The molecule has 0 fully saturated rings. The summed E-state index contributed by atoms with van der Waals surface area (Å²) in [5.41, 5.74) is 3.36. The Morgan fingerprint density at radius 3 is 2.30 bits per heavy atom. The van der Waals surface area contributed by atoms with E-state index in [1.807, 2.05) is 43.3 Å². The van der Waals surface area contributed by atoms with Crippen LogP contribution in [0.25, 0.3) is 11.0 Å². The average molecular weight is 440 g/mol. The van der Waals surface area contributed by atoms with Gasteiger partial charge in [-0.15, -0.1) is 0 Å². The fourth-order valence-corrected chi connectivity index (χ4v) is 4.43. The van der Waals surface area contributed by atoms with Gasteiger partial charge < -0.3 is 9.15 Å². The number of rotatable bonds is 5. The maximum Gasteiger partial charge on any atom is 0.295 e. The number of amides is 1. The molecular formula is C28H25NO4. The highest BCUT2D eigenvalue weighted by Gasteiger charge is 2.43. The molecule has 5 rings (SSSR count). The van der Waals surface area contributed by atoms with Gasteiger partial charge in [0.15, 0.2) is 5.43 Å². The molecule has 0 N–H and O–H groups in total. The Kier molecular flexibility index (Phi) is 5.25. The molecule has 33 heavy (non-hydrogen) atoms. The monoisotopic (exact) mass is 439 g/mol. The third-order valence-corrected chi connectivity index (χ3v) is 6.12. The predicted molar refractivity (Wildman–Crippen MR) is 129 cm³/mol. The number of carbonyl (C=O) groups excluding carboxylic acids is 1. The molecule has 1 aliphatic heterocycles. The summed E-state index contributed by atoms with van der Waals surface area (Å²) in [6, 6.07) is 21.9. The van der Waals surface area contributed by atoms with Gasteiger partial charge in [0.25, 0.3) is 5.91 Å². The van der Waals surface area contributed by atoms with Crippen LogP contribution in [-0.4, -0.2) is 12.5 Å². The second-order valence-electron chi connectivity index (χ2n) is 8.50. The average Bonchev–Trinajstić information content (AvgIpc) is 3.12. The van der Waals surface area contributed by atoms with Crippen molar-refractivity contribution in [3.8, 4) is 5.75 Å². The summed E-state index contributed by atoms with van der Waals surface area (Å²) in [5, 5.41) is 0.474. The lowest BCUT2D eigenvalue weighted by molar-refractivity contribution is 0.0971. The van der Waals surface area contributed by atoms with E-state index in [-0.39, 0.29) is 17.1 Å². The lowest BCUT2D eigenvalue weighted by Crippen LogP contribution is -2.29. The van der Waals surface area contributed by atoms with Crippen molar-refractivity contribution < 1.29 is 13.9 Å². The number of benzene rings is 3. The van der Waals surface area contributed by atoms with Crippen LogP contribution in [0.2, 0.25) is 0 Å². The van der Waals surface area contributed by atoms with Crippen LogP contribution in [0.4, 0.5) is 5.69 Å². The minimum absolute atomic E-state index is 0.102. The highest BCUT2D eigenvalue weighted by atomic mass is 16.5. The third-order valence-electron chi connectivity index (χ3n) is 6.12. The molecule has 1 atom stereocenters. The van der Waals surface area contributed by atoms with Crippen LogP contribution in [0.15, 0.2) is 82.0 Å². The third kappa shape index (κ3) is 3.50. The van der Waals surface area contributed by atoms with Gasteiger partial charge in [-0.3, -0.25) is 14.5 Å². The minimum Gasteiger partial charge on any atom is -0.494 e. The van der Waals surface area contributed by atoms with Gasteiger partial charge in [-0.1, -0.05) is 50.2 Å². The molecule has 1 aliphatic rings. The normalized spacial score (nSPS) is 15.3. The lowest BCUT2D eigenvalue weighted by atomic mass is 9.95. The molecule has 0 saturated heterocycles. The van der Waals surface area contributed by atoms with Crippen LogP contribution < -0.4 is 15.1 Å². The van der Waals surface area contributed by atoms with Crippen molar-refractivity contribution in [1.29, 1.82) is 0 Å². The first kappa shape index (κ1) is 21.0. The Balaban J connectivity index is 1.71. The van der Waals surface area contributed by atoms with Crippen molar-refractivity contribution >= 4 is 22.6 Å². The maximum atomic E-state index is 13.6. The number of ether oxygens (including phenoxy) is 1. The molecule has 2 heterocycles. The predicted octanol–water partition coefficient (Wildman–Crippen LogP) is 6.06. The molecule has 4 aromatic rings. The largest absolute Gasteiger partial charge is 0.494 e. The Morgan fingerprint density at radius 2 is 1.64 bits per heavy atom. The van der Waals surface area contributed by atoms with E-state index in [0.29, 0.717) is 34.7 Å². The first-order chi connectivity index (χ1) is 16.0. The zero-order valence-corrected chi connectivity index (χ0v) is 18.9. The smallest absolute Gasteiger partial charge is 0.295 e. The molecule has 1 aromatic heterocycles. The molecule has 0 spiro atoms. The summed E-state index contributed by atoms with van der Waals surface area (Å²) in [5.74, 6) is 0.886. The number of anilines is 1. The van der Waals surface area contributed by atoms with Gasteiger partial charge in [0.2, 0.25) is 5.76 Å². The van der Waals surface area contributed by atoms with E-state index in [9.17, 15) is 9.59 Å². The Bertz CT molecular complexity index is 1380. The second kappa shape index (κ2) is 8.24. The van der Waals surface area contributed by atoms with Gasteiger partial charge in [0.05, 0.1) is 23.6 Å². The first-order valence-corrected chi connectivity index (χ1v) is 11.2. The number of para-hydroxylation sites is 1. The van der Waals surface area contributed by atoms with Gasteiger partial charge in [0.1, 0.15) is 11.3 Å². The molecule has 0 bridgehead atoms. The molecule has 0 saturated carbocycles. The quantitative estimate of drug-likeness (QED) is 0.379. The molecular weight excluding hydrogens is 414 g/mol. The summed E-state index contributed by atoms with van der Waals surface area (Å²) in [4.78, 5) is 28.9. The van der Waals surface area contributed by atoms with Crippen molar-refractivity contribution in [2.24, 2.45) is 0 Å². The van der Waals surface area contributed by atoms with E-state index in [1.54, 1.807) is 29.2 Å². The van der Waals surface area contributed by atoms with Crippen LogP contribution in [0.3, 0.4) is 0 Å². The maximum absolute atomic E-state index is 13.6. The van der Waals surface area contributed by atoms with Gasteiger partial charge >= 0.3 is 0 Å². The van der Waals surface area contributed by atoms with Gasteiger partial charge in [-0.2, -0.15) is 0 Å². The van der Waals surface area contributed by atoms with E-state index in [4.69, 9.17) is 9.15 Å². The van der Waals surface area contributed by atoms with Crippen LogP contribution in [0.1, 0.15) is 60.0 Å². The number of fused-ring (bicyclic) bond motifs is 2. The number of hydrogen-bond donors (Lipinski definition) is 0. The molecule has 1 amide bonds. The minimum atomic E-state index is -0.576. The highest BCUT2D eigenvalue weighted by molar-refractivity contribution is 6.10. The van der Waals surface area contributed by atoms with Gasteiger partial charge in [-0.25, -0.2) is 0 Å². The SMILES string of the molecule is CCOc1ccc(N2C(=O)c3oc4ccccc4c(=O)c3C2c2ccc(C(C)C)cc2)cc1. The first-order valence-electron chi connectivity index (χ1n) is 11.2. The Hall–Kier alpha value is -3.86. The van der Waals surface area contributed by atoms with Gasteiger partial charge in [-0.05, 0) is 60.4 Å². The van der Waals surface area contributed by atoms with Crippen molar-refractivity contribution in [1.82, 2.24) is 0 Å². The summed E-state index contributed by atoms with van der Waals surface area (Å²) in [6.07, 6.45) is 0. The van der Waals surface area contributed by atoms with Crippen molar-refractivity contribution in [2.45, 2.75) is 32.7 Å². The molecule has 1 unspecified atom stereocenters. The van der Waals surface area contributed by atoms with Crippen LogP contribution in [0.5, 0.6) is 5.75 Å². The topological polar surface area (TPSA) is 59.8 Å². The summed E-state index contributed by atoms with van der Waals surface area (Å²) < 4.78 is 11.6. The van der Waals surface area contributed by atoms with Crippen molar-refractivity contribution in [3.05, 3.63) is 105 Å². The summed E-state index contributed by atoms with van der Waals surface area (Å²) in [6.45, 7) is 6.75. The van der Waals surface area contributed by atoms with Crippen LogP contribution >= 0.6 is 0 Å². The number of nitrogens with zero attached hydrogens (tertiary/aromatic N) is 1. The van der Waals surface area contributed by atoms with Crippen LogP contribution in [-0.2, 0) is 0 Å². The fourth-order valence-electron chi connectivity index (χ4n) is 4.43. The van der Waals surface area contributed by atoms with E-state index in [0.717, 1.165) is 11.3 Å². The molecule has 3 aromatic carbocycles. The molecule has 5 heteroatoms. The highest BCUT2D eigenvalue weighted by Crippen LogP contribution is 2.41. The molecule has 0 aliphatic carbocycles. The Labute approximate surface area is 192 Å². The van der Waals surface area contributed by atoms with E-state index >= 15 is 0 Å². The molecule has 166 valence electrons. The van der Waals surface area contributed by atoms with Crippen LogP contribution in [0, 0.1) is 0 Å². The van der Waals surface area contributed by atoms with Crippen molar-refractivity contribution in [3.63, 3.8) is 0 Å². The lowest BCUT2D eigenvalue weighted by Gasteiger charge is -2.25. The Morgan fingerprint density at radius 1 is 0.939 bits per heavy atom. The van der Waals surface area contributed by atoms with E-state index < -0.39 is 6.04 Å². The molecule has 5 nitrogen and oxygen atoms in total. The van der Waals surface area contributed by atoms with Gasteiger partial charge in [0, 0.05) is 5.69 Å². The van der Waals surface area contributed by atoms with Crippen molar-refractivity contribution in [2.75, 3.05) is 11.5 Å². The summed E-state index contributed by atoms with van der Waals surface area (Å²) in [7, 11) is 0. The summed E-state index contributed by atoms with van der Waals surface area (Å²) >= 11 is 0. The zero-order valence-electron chi connectivity index (χ0n) is 18.9. The number of hydrogen-bond acceptors (Lipinski definition) is 4. The van der Waals surface area contributed by atoms with E-state index in [1.165, 1.54) is 5.56 Å². The molecule has 0 radical (unpaired) electrons. The number of carbonyl (C=O) groups is 1. The standard InChI is InChI=1S/C28H25NO4/c1-4-32-21-15-13-20(14-16-21)29-25(19-11-9-18(10-12-19)17(2)3)24-26(30)22-7-5-6-8-23(22)33-27(24)28(29)31/h5-17,25H,4H2,1-3H3. The van der Waals surface area contributed by atoms with E-state index in [2.05, 4.69) is 26.0 Å². The zero-order chi connectivity index (χ0) is 23.1.